The van der Waals surface area contributed by atoms with E-state index >= 15 is 0 Å². The summed E-state index contributed by atoms with van der Waals surface area (Å²) in [6.07, 6.45) is 3.20. The van der Waals surface area contributed by atoms with Gasteiger partial charge in [-0.15, -0.1) is 6.42 Å². The average Bonchev–Trinajstić information content (AvgIpc) is 2.51. The highest BCUT2D eigenvalue weighted by Crippen LogP contribution is 2.33. The van der Waals surface area contributed by atoms with Crippen LogP contribution < -0.4 is 0 Å². The van der Waals surface area contributed by atoms with E-state index in [2.05, 4.69) is 0 Å². The summed E-state index contributed by atoms with van der Waals surface area (Å²) >= 11 is 0. The van der Waals surface area contributed by atoms with Crippen LogP contribution >= 0.6 is 0 Å². The summed E-state index contributed by atoms with van der Waals surface area (Å²) in [5.74, 6) is -2.18. The first-order chi connectivity index (χ1) is 8.06. The van der Waals surface area contributed by atoms with Gasteiger partial charge >= 0.3 is 6.09 Å². The minimum Gasteiger partial charge on any atom is -0.444 e. The normalized spacial score (nSPS) is 22.4. The third-order valence-corrected chi connectivity index (χ3v) is 2.34. The number of amides is 1. The van der Waals surface area contributed by atoms with Crippen LogP contribution in [-0.2, 0) is 9.53 Å². The molecule has 0 N–H and O–H groups in total. The number of terminal acetylenes is 1. The summed E-state index contributed by atoms with van der Waals surface area (Å²) in [5.41, 5.74) is -0.821. The smallest absolute Gasteiger partial charge is 0.411 e. The molecule has 1 rings (SSSR count). The number of likely N-dealkylation sites (tertiary alicyclic amines) is 1. The van der Waals surface area contributed by atoms with Crippen LogP contribution in [0.4, 0.5) is 13.6 Å². The molecule has 0 aromatic rings. The van der Waals surface area contributed by atoms with Gasteiger partial charge in [0.25, 0.3) is 5.92 Å². The molecule has 1 fully saturated rings. The van der Waals surface area contributed by atoms with E-state index in [0.29, 0.717) is 4.90 Å². The molecule has 6 heteroatoms. The number of halogens is 2. The maximum atomic E-state index is 13.3. The third kappa shape index (κ3) is 3.42. The third-order valence-electron chi connectivity index (χ3n) is 2.34. The van der Waals surface area contributed by atoms with E-state index in [-0.39, 0.29) is 0 Å². The highest BCUT2D eigenvalue weighted by Gasteiger charge is 2.50. The van der Waals surface area contributed by atoms with Crippen LogP contribution in [0.3, 0.4) is 0 Å². The predicted molar refractivity (Wildman–Crippen MR) is 60.1 cm³/mol. The Bertz CT molecular complexity index is 407. The fourth-order valence-electron chi connectivity index (χ4n) is 1.66. The van der Waals surface area contributed by atoms with Crippen molar-refractivity contribution in [2.45, 2.75) is 44.8 Å². The molecule has 1 atom stereocenters. The molecule has 0 spiro atoms. The summed E-state index contributed by atoms with van der Waals surface area (Å²) in [5, 5.41) is 0. The lowest BCUT2D eigenvalue weighted by Gasteiger charge is -2.26. The molecule has 0 bridgehead atoms. The van der Waals surface area contributed by atoms with E-state index in [4.69, 9.17) is 11.2 Å². The topological polar surface area (TPSA) is 46.6 Å². The molecule has 1 amide bonds. The van der Waals surface area contributed by atoms with E-state index in [1.54, 1.807) is 26.7 Å². The van der Waals surface area contributed by atoms with Crippen LogP contribution in [0, 0.1) is 12.3 Å². The number of alkyl halides is 2. The maximum absolute atomic E-state index is 13.3. The molecule has 1 aliphatic heterocycles. The molecule has 0 aromatic carbocycles. The number of hydrogen-bond acceptors (Lipinski definition) is 3. The Kier molecular flexibility index (Phi) is 3.65. The Balaban J connectivity index is 2.88. The van der Waals surface area contributed by atoms with Gasteiger partial charge in [0.15, 0.2) is 0 Å². The summed E-state index contributed by atoms with van der Waals surface area (Å²) in [7, 11) is 0. The lowest BCUT2D eigenvalue weighted by atomic mass is 10.1. The van der Waals surface area contributed by atoms with E-state index in [9.17, 15) is 18.4 Å². The first-order valence-electron chi connectivity index (χ1n) is 5.44. The number of carbonyl (C=O) groups excluding carboxylic acids is 2. The van der Waals surface area contributed by atoms with Crippen molar-refractivity contribution in [2.75, 3.05) is 6.54 Å². The molecule has 100 valence electrons. The van der Waals surface area contributed by atoms with Gasteiger partial charge in [0.1, 0.15) is 11.6 Å². The van der Waals surface area contributed by atoms with Gasteiger partial charge in [0.05, 0.1) is 6.54 Å². The highest BCUT2D eigenvalue weighted by atomic mass is 19.3. The van der Waals surface area contributed by atoms with Crippen molar-refractivity contribution in [1.82, 2.24) is 4.90 Å². The van der Waals surface area contributed by atoms with E-state index < -0.39 is 42.4 Å². The number of ketones is 1. The first kappa shape index (κ1) is 14.4. The summed E-state index contributed by atoms with van der Waals surface area (Å²) in [4.78, 5) is 23.8. The van der Waals surface area contributed by atoms with Gasteiger partial charge in [-0.1, -0.05) is 0 Å². The zero-order valence-electron chi connectivity index (χ0n) is 10.5. The zero-order chi connectivity index (χ0) is 14.1. The Morgan fingerprint density at radius 3 is 2.44 bits per heavy atom. The largest absolute Gasteiger partial charge is 0.444 e. The molecular formula is C12H15F2NO3. The van der Waals surface area contributed by atoms with Crippen molar-refractivity contribution in [3.63, 3.8) is 0 Å². The quantitative estimate of drug-likeness (QED) is 0.533. The molecule has 18 heavy (non-hydrogen) atoms. The fourth-order valence-corrected chi connectivity index (χ4v) is 1.66. The SMILES string of the molecule is C#CC(=O)[C@H]1CC(F)(F)CN1C(=O)OC(C)(C)C. The molecule has 1 saturated heterocycles. The molecule has 0 radical (unpaired) electrons. The van der Waals surface area contributed by atoms with Gasteiger partial charge in [-0.3, -0.25) is 9.69 Å². The number of nitrogens with zero attached hydrogens (tertiary/aromatic N) is 1. The summed E-state index contributed by atoms with van der Waals surface area (Å²) in [6.45, 7) is 3.98. The van der Waals surface area contributed by atoms with Crippen molar-refractivity contribution in [2.24, 2.45) is 0 Å². The Morgan fingerprint density at radius 1 is 1.44 bits per heavy atom. The molecule has 4 nitrogen and oxygen atoms in total. The standard InChI is InChI=1S/C12H15F2NO3/c1-5-9(16)8-6-12(13,14)7-15(8)10(17)18-11(2,3)4/h1,8H,6-7H2,2-4H3/t8-/m1/s1. The maximum Gasteiger partial charge on any atom is 0.411 e. The summed E-state index contributed by atoms with van der Waals surface area (Å²) in [6, 6.07) is -1.31. The minimum absolute atomic E-state index is 0.702. The number of ether oxygens (including phenoxy) is 1. The van der Waals surface area contributed by atoms with Gasteiger partial charge in [0.2, 0.25) is 5.78 Å². The molecule has 1 heterocycles. The molecule has 1 aliphatic rings. The van der Waals surface area contributed by atoms with E-state index in [1.165, 1.54) is 0 Å². The van der Waals surface area contributed by atoms with Crippen LogP contribution in [-0.4, -0.2) is 40.9 Å². The molecular weight excluding hydrogens is 244 g/mol. The first-order valence-corrected chi connectivity index (χ1v) is 5.44. The highest BCUT2D eigenvalue weighted by molar-refractivity contribution is 6.01. The van der Waals surface area contributed by atoms with Gasteiger partial charge < -0.3 is 4.74 Å². The monoisotopic (exact) mass is 259 g/mol. The van der Waals surface area contributed by atoms with E-state index in [1.807, 2.05) is 0 Å². The second kappa shape index (κ2) is 4.56. The lowest BCUT2D eigenvalue weighted by Crippen LogP contribution is -2.43. The Labute approximate surface area is 104 Å². The van der Waals surface area contributed by atoms with E-state index in [0.717, 1.165) is 0 Å². The van der Waals surface area contributed by atoms with Crippen molar-refractivity contribution >= 4 is 11.9 Å². The predicted octanol–water partition coefficient (Wildman–Crippen LogP) is 1.83. The fraction of sp³-hybridized carbons (Fsp3) is 0.667. The van der Waals surface area contributed by atoms with Crippen LogP contribution in [0.5, 0.6) is 0 Å². The second-order valence-corrected chi connectivity index (χ2v) is 5.19. The number of hydrogen-bond donors (Lipinski definition) is 0. The number of Topliss-reactive ketones (excluding diaryl/α,β-unsaturated/α-hetero) is 1. The molecule has 0 aliphatic carbocycles. The second-order valence-electron chi connectivity index (χ2n) is 5.19. The van der Waals surface area contributed by atoms with Gasteiger partial charge in [-0.2, -0.15) is 0 Å². The Morgan fingerprint density at radius 2 is 2.00 bits per heavy atom. The number of rotatable bonds is 1. The van der Waals surface area contributed by atoms with Gasteiger partial charge in [0, 0.05) is 6.42 Å². The summed E-state index contributed by atoms with van der Waals surface area (Å²) < 4.78 is 31.5. The molecule has 0 aromatic heterocycles. The van der Waals surface area contributed by atoms with Crippen molar-refractivity contribution < 1.29 is 23.1 Å². The van der Waals surface area contributed by atoms with Crippen LogP contribution in [0.1, 0.15) is 27.2 Å². The van der Waals surface area contributed by atoms with Crippen LogP contribution in [0.25, 0.3) is 0 Å². The van der Waals surface area contributed by atoms with Crippen LogP contribution in [0.15, 0.2) is 0 Å². The zero-order valence-corrected chi connectivity index (χ0v) is 10.5. The van der Waals surface area contributed by atoms with Gasteiger partial charge in [-0.05, 0) is 26.7 Å². The van der Waals surface area contributed by atoms with Crippen molar-refractivity contribution in [1.29, 1.82) is 0 Å². The lowest BCUT2D eigenvalue weighted by molar-refractivity contribution is -0.118. The number of carbonyl (C=O) groups is 2. The average molecular weight is 259 g/mol. The Hall–Kier alpha value is -1.64. The molecule has 0 unspecified atom stereocenters. The van der Waals surface area contributed by atoms with Crippen molar-refractivity contribution in [3.8, 4) is 12.3 Å². The van der Waals surface area contributed by atoms with Crippen LogP contribution in [0.2, 0.25) is 0 Å². The molecule has 0 saturated carbocycles. The van der Waals surface area contributed by atoms with Gasteiger partial charge in [-0.25, -0.2) is 13.6 Å². The minimum atomic E-state index is -3.12. The van der Waals surface area contributed by atoms with Crippen molar-refractivity contribution in [3.05, 3.63) is 0 Å².